The molecule has 3 heterocycles. The Morgan fingerprint density at radius 2 is 1.89 bits per heavy atom. The van der Waals surface area contributed by atoms with Gasteiger partial charge in [0.1, 0.15) is 6.29 Å². The van der Waals surface area contributed by atoms with Gasteiger partial charge in [-0.25, -0.2) is 0 Å². The highest BCUT2D eigenvalue weighted by Gasteiger charge is 2.37. The van der Waals surface area contributed by atoms with Gasteiger partial charge >= 0.3 is 0 Å². The van der Waals surface area contributed by atoms with Crippen LogP contribution in [0.25, 0.3) is 0 Å². The molecule has 5 rings (SSSR count). The predicted molar refractivity (Wildman–Crippen MR) is 147 cm³/mol. The second kappa shape index (κ2) is 13.6. The molecule has 5 fully saturated rings. The smallest absolute Gasteiger partial charge is 0.223 e. The third-order valence-electron chi connectivity index (χ3n) is 9.34. The lowest BCUT2D eigenvalue weighted by atomic mass is 9.77. The first-order valence-corrected chi connectivity index (χ1v) is 15.9. The topological polar surface area (TPSA) is 89.7 Å². The molecule has 8 unspecified atom stereocenters. The van der Waals surface area contributed by atoms with E-state index in [0.717, 1.165) is 95.1 Å². The fraction of sp³-hybridized carbons (Fsp3) is 0.963. The fourth-order valence-corrected chi connectivity index (χ4v) is 8.96. The van der Waals surface area contributed by atoms with Crippen LogP contribution < -0.4 is 26.6 Å². The zero-order valence-corrected chi connectivity index (χ0v) is 23.1. The van der Waals surface area contributed by atoms with Crippen molar-refractivity contribution >= 4 is 17.7 Å². The number of nitrogens with zero attached hydrogens (tertiary/aromatic N) is 1. The summed E-state index contributed by atoms with van der Waals surface area (Å²) >= 11 is 2.23. The normalized spacial score (nSPS) is 40.4. The molecule has 0 spiro atoms. The Labute approximate surface area is 222 Å². The highest BCUT2D eigenvalue weighted by atomic mass is 32.2. The molecule has 8 nitrogen and oxygen atoms in total. The van der Waals surface area contributed by atoms with Crippen LogP contribution in [0.5, 0.6) is 0 Å². The summed E-state index contributed by atoms with van der Waals surface area (Å²) in [6, 6.07) is 1.02. The van der Waals surface area contributed by atoms with Crippen molar-refractivity contribution in [3.8, 4) is 0 Å². The van der Waals surface area contributed by atoms with Crippen LogP contribution in [-0.4, -0.2) is 92.3 Å². The van der Waals surface area contributed by atoms with Crippen LogP contribution in [0.1, 0.15) is 64.7 Å². The Bertz CT molecular complexity index is 695. The highest BCUT2D eigenvalue weighted by Crippen LogP contribution is 2.43. The van der Waals surface area contributed by atoms with Gasteiger partial charge in [0.25, 0.3) is 0 Å². The van der Waals surface area contributed by atoms with Crippen LogP contribution in [0, 0.1) is 17.8 Å². The standard InChI is InChI=1S/C27H50N6O2S/c1-19-8-16-36-24-18-22(5-6-23(19)24)30-25-7-9-29-27(32-25)31-21-4-2-3-20(17-21)26(34)28-10-11-33-12-14-35-15-13-33/h19-25,27,29-32H,2-18H2,1H3,(H,28,34). The number of fused-ring (bicyclic) bond motifs is 1. The van der Waals surface area contributed by atoms with Gasteiger partial charge in [0.15, 0.2) is 0 Å². The van der Waals surface area contributed by atoms with Crippen molar-refractivity contribution in [1.82, 2.24) is 31.5 Å². The van der Waals surface area contributed by atoms with Gasteiger partial charge in [-0.15, -0.1) is 0 Å². The Balaban J connectivity index is 1.02. The van der Waals surface area contributed by atoms with Crippen LogP contribution in [0.2, 0.25) is 0 Å². The van der Waals surface area contributed by atoms with Crippen molar-refractivity contribution in [3.05, 3.63) is 0 Å². The molecule has 5 N–H and O–H groups in total. The average Bonchev–Trinajstić information content (AvgIpc) is 2.90. The summed E-state index contributed by atoms with van der Waals surface area (Å²) in [6.45, 7) is 8.73. The van der Waals surface area contributed by atoms with Crippen molar-refractivity contribution in [2.45, 2.75) is 94.5 Å². The van der Waals surface area contributed by atoms with Crippen molar-refractivity contribution < 1.29 is 9.53 Å². The molecule has 3 saturated heterocycles. The van der Waals surface area contributed by atoms with Crippen LogP contribution in [0.15, 0.2) is 0 Å². The van der Waals surface area contributed by atoms with E-state index in [9.17, 15) is 4.79 Å². The maximum absolute atomic E-state index is 12.8. The molecule has 0 aromatic heterocycles. The van der Waals surface area contributed by atoms with E-state index in [0.29, 0.717) is 18.2 Å². The van der Waals surface area contributed by atoms with Gasteiger partial charge in [-0.2, -0.15) is 11.8 Å². The lowest BCUT2D eigenvalue weighted by Gasteiger charge is -2.44. The molecular formula is C27H50N6O2S. The third kappa shape index (κ3) is 7.58. The Kier molecular flexibility index (Phi) is 10.2. The first-order chi connectivity index (χ1) is 17.6. The van der Waals surface area contributed by atoms with E-state index >= 15 is 0 Å². The summed E-state index contributed by atoms with van der Waals surface area (Å²) in [7, 11) is 0. The molecule has 206 valence electrons. The molecule has 0 bridgehead atoms. The summed E-state index contributed by atoms with van der Waals surface area (Å²) < 4.78 is 5.41. The van der Waals surface area contributed by atoms with Crippen molar-refractivity contribution in [1.29, 1.82) is 0 Å². The molecule has 2 aliphatic carbocycles. The minimum atomic E-state index is 0.116. The molecular weight excluding hydrogens is 472 g/mol. The summed E-state index contributed by atoms with van der Waals surface area (Å²) in [5.41, 5.74) is 0. The zero-order valence-electron chi connectivity index (χ0n) is 22.3. The quantitative estimate of drug-likeness (QED) is 0.329. The summed E-state index contributed by atoms with van der Waals surface area (Å²) in [5, 5.41) is 19.2. The maximum atomic E-state index is 12.8. The Morgan fingerprint density at radius 1 is 1.03 bits per heavy atom. The number of hydrogen-bond donors (Lipinski definition) is 5. The molecule has 0 aromatic rings. The number of ether oxygens (including phenoxy) is 1. The number of hydrogen-bond acceptors (Lipinski definition) is 8. The van der Waals surface area contributed by atoms with Crippen molar-refractivity contribution in [3.63, 3.8) is 0 Å². The number of amides is 1. The molecule has 8 atom stereocenters. The first kappa shape index (κ1) is 27.2. The number of carbonyl (C=O) groups excluding carboxylic acids is 1. The third-order valence-corrected chi connectivity index (χ3v) is 10.8. The fourth-order valence-electron chi connectivity index (χ4n) is 7.13. The molecule has 1 amide bonds. The molecule has 5 aliphatic rings. The predicted octanol–water partition coefficient (Wildman–Crippen LogP) is 1.68. The van der Waals surface area contributed by atoms with E-state index in [2.05, 4.69) is 50.2 Å². The van der Waals surface area contributed by atoms with Gasteiger partial charge in [0, 0.05) is 56.0 Å². The largest absolute Gasteiger partial charge is 0.379 e. The Morgan fingerprint density at radius 3 is 2.78 bits per heavy atom. The number of thioether (sulfide) groups is 1. The van der Waals surface area contributed by atoms with E-state index in [1.165, 1.54) is 31.4 Å². The molecule has 0 radical (unpaired) electrons. The molecule has 2 saturated carbocycles. The van der Waals surface area contributed by atoms with E-state index in [1.54, 1.807) is 0 Å². The van der Waals surface area contributed by atoms with Crippen LogP contribution in [-0.2, 0) is 9.53 Å². The van der Waals surface area contributed by atoms with Gasteiger partial charge in [0.2, 0.25) is 5.91 Å². The molecule has 9 heteroatoms. The molecule has 3 aliphatic heterocycles. The van der Waals surface area contributed by atoms with Crippen molar-refractivity contribution in [2.24, 2.45) is 17.8 Å². The SMILES string of the molecule is CC1CCSC2CC(NC3CCNC(NC4CCCC(C(=O)NCCN5CCOCC5)C4)N3)CCC12. The van der Waals surface area contributed by atoms with Crippen LogP contribution >= 0.6 is 11.8 Å². The zero-order chi connectivity index (χ0) is 24.7. The monoisotopic (exact) mass is 522 g/mol. The maximum Gasteiger partial charge on any atom is 0.223 e. The van der Waals surface area contributed by atoms with E-state index in [4.69, 9.17) is 4.74 Å². The van der Waals surface area contributed by atoms with Crippen LogP contribution in [0.3, 0.4) is 0 Å². The van der Waals surface area contributed by atoms with Gasteiger partial charge in [-0.3, -0.25) is 31.0 Å². The number of nitrogens with one attached hydrogen (secondary N) is 5. The van der Waals surface area contributed by atoms with Gasteiger partial charge in [0.05, 0.1) is 19.4 Å². The van der Waals surface area contributed by atoms with Crippen molar-refractivity contribution in [2.75, 3.05) is 51.7 Å². The average molecular weight is 523 g/mol. The number of carbonyl (C=O) groups is 1. The van der Waals surface area contributed by atoms with Gasteiger partial charge in [-0.1, -0.05) is 13.3 Å². The number of rotatable bonds is 8. The van der Waals surface area contributed by atoms with E-state index < -0.39 is 0 Å². The lowest BCUT2D eigenvalue weighted by molar-refractivity contribution is -0.126. The number of morpholine rings is 1. The molecule has 36 heavy (non-hydrogen) atoms. The summed E-state index contributed by atoms with van der Waals surface area (Å²) in [6.07, 6.45) is 11.3. The second-order valence-electron chi connectivity index (χ2n) is 11.9. The second-order valence-corrected chi connectivity index (χ2v) is 13.2. The Hall–Kier alpha value is -0.420. The summed E-state index contributed by atoms with van der Waals surface area (Å²) in [4.78, 5) is 15.2. The molecule has 0 aromatic carbocycles. The first-order valence-electron chi connectivity index (χ1n) is 14.8. The van der Waals surface area contributed by atoms with E-state index in [1.807, 2.05) is 0 Å². The minimum Gasteiger partial charge on any atom is -0.379 e. The van der Waals surface area contributed by atoms with Gasteiger partial charge < -0.3 is 10.1 Å². The van der Waals surface area contributed by atoms with Gasteiger partial charge in [-0.05, 0) is 69.0 Å². The highest BCUT2D eigenvalue weighted by molar-refractivity contribution is 7.99. The summed E-state index contributed by atoms with van der Waals surface area (Å²) in [5.74, 6) is 3.57. The lowest BCUT2D eigenvalue weighted by Crippen LogP contribution is -2.67. The van der Waals surface area contributed by atoms with E-state index in [-0.39, 0.29) is 18.1 Å². The van der Waals surface area contributed by atoms with Crippen LogP contribution in [0.4, 0.5) is 0 Å². The minimum absolute atomic E-state index is 0.116.